The van der Waals surface area contributed by atoms with Gasteiger partial charge in [-0.05, 0) is 37.1 Å². The maximum atomic E-state index is 5.86. The molecule has 1 aromatic rings. The molecule has 2 N–H and O–H groups in total. The van der Waals surface area contributed by atoms with Crippen LogP contribution in [0.15, 0.2) is 18.2 Å². The average Bonchev–Trinajstić information content (AvgIpc) is 2.41. The van der Waals surface area contributed by atoms with Crippen LogP contribution in [0.1, 0.15) is 18.9 Å². The van der Waals surface area contributed by atoms with E-state index in [0.29, 0.717) is 12.0 Å². The Hall–Kier alpha value is -1.26. The third-order valence-electron chi connectivity index (χ3n) is 3.97. The molecule has 2 atom stereocenters. The fraction of sp³-hybridized carbons (Fsp3) is 0.600. The molecule has 2 unspecified atom stereocenters. The van der Waals surface area contributed by atoms with E-state index in [-0.39, 0.29) is 0 Å². The molecule has 106 valence electrons. The van der Waals surface area contributed by atoms with Crippen LogP contribution in [0.3, 0.4) is 0 Å². The fourth-order valence-corrected chi connectivity index (χ4v) is 2.71. The van der Waals surface area contributed by atoms with Gasteiger partial charge >= 0.3 is 0 Å². The fourth-order valence-electron chi connectivity index (χ4n) is 2.71. The second-order valence-corrected chi connectivity index (χ2v) is 5.35. The summed E-state index contributed by atoms with van der Waals surface area (Å²) in [5.74, 6) is 1.53. The molecule has 1 aliphatic heterocycles. The van der Waals surface area contributed by atoms with E-state index < -0.39 is 0 Å². The Kier molecular flexibility index (Phi) is 4.66. The third-order valence-corrected chi connectivity index (χ3v) is 3.97. The standard InChI is InChI=1S/C15H24N2O2/c1-11-6-7-17(10-15(11)19-3)9-12-8-13(16)4-5-14(12)18-2/h4-5,8,11,15H,6-7,9-10,16H2,1-3H3. The quantitative estimate of drug-likeness (QED) is 0.846. The van der Waals surface area contributed by atoms with Gasteiger partial charge in [0.1, 0.15) is 5.75 Å². The van der Waals surface area contributed by atoms with Gasteiger partial charge in [-0.25, -0.2) is 0 Å². The summed E-state index contributed by atoms with van der Waals surface area (Å²) in [6.07, 6.45) is 1.49. The van der Waals surface area contributed by atoms with Crippen LogP contribution < -0.4 is 10.5 Å². The first kappa shape index (κ1) is 14.2. The Bertz CT molecular complexity index is 423. The number of likely N-dealkylation sites (tertiary alicyclic amines) is 1. The van der Waals surface area contributed by atoms with Gasteiger partial charge in [-0.3, -0.25) is 4.90 Å². The lowest BCUT2D eigenvalue weighted by Gasteiger charge is -2.36. The highest BCUT2D eigenvalue weighted by Crippen LogP contribution is 2.26. The molecular weight excluding hydrogens is 240 g/mol. The lowest BCUT2D eigenvalue weighted by atomic mass is 9.95. The summed E-state index contributed by atoms with van der Waals surface area (Å²) in [5.41, 5.74) is 7.79. The number of hydrogen-bond donors (Lipinski definition) is 1. The van der Waals surface area contributed by atoms with E-state index in [9.17, 15) is 0 Å². The Balaban J connectivity index is 2.06. The minimum atomic E-state index is 0.320. The minimum absolute atomic E-state index is 0.320. The monoisotopic (exact) mass is 264 g/mol. The molecule has 1 aromatic carbocycles. The number of benzene rings is 1. The van der Waals surface area contributed by atoms with E-state index in [1.165, 1.54) is 6.42 Å². The molecule has 4 nitrogen and oxygen atoms in total. The molecule has 0 amide bonds. The highest BCUT2D eigenvalue weighted by Gasteiger charge is 2.26. The Morgan fingerprint density at radius 2 is 2.16 bits per heavy atom. The van der Waals surface area contributed by atoms with Gasteiger partial charge in [0.25, 0.3) is 0 Å². The van der Waals surface area contributed by atoms with Crippen molar-refractivity contribution in [3.63, 3.8) is 0 Å². The van der Waals surface area contributed by atoms with Crippen LogP contribution >= 0.6 is 0 Å². The first-order valence-corrected chi connectivity index (χ1v) is 6.81. The van der Waals surface area contributed by atoms with Crippen molar-refractivity contribution in [2.45, 2.75) is 26.0 Å². The van der Waals surface area contributed by atoms with Gasteiger partial charge in [-0.15, -0.1) is 0 Å². The molecular formula is C15H24N2O2. The number of nitrogens with two attached hydrogens (primary N) is 1. The first-order valence-electron chi connectivity index (χ1n) is 6.81. The van der Waals surface area contributed by atoms with Gasteiger partial charge in [0.05, 0.1) is 13.2 Å². The zero-order valence-electron chi connectivity index (χ0n) is 12.1. The van der Waals surface area contributed by atoms with Gasteiger partial charge in [0, 0.05) is 31.5 Å². The van der Waals surface area contributed by atoms with E-state index in [1.54, 1.807) is 14.2 Å². The SMILES string of the molecule is COc1ccc(N)cc1CN1CCC(C)C(OC)C1. The number of anilines is 1. The smallest absolute Gasteiger partial charge is 0.123 e. The van der Waals surface area contributed by atoms with Crippen molar-refractivity contribution in [1.82, 2.24) is 4.90 Å². The largest absolute Gasteiger partial charge is 0.496 e. The number of ether oxygens (including phenoxy) is 2. The Morgan fingerprint density at radius 1 is 1.37 bits per heavy atom. The zero-order chi connectivity index (χ0) is 13.8. The van der Waals surface area contributed by atoms with Gasteiger partial charge in [0.2, 0.25) is 0 Å². The van der Waals surface area contributed by atoms with E-state index in [1.807, 2.05) is 18.2 Å². The number of methoxy groups -OCH3 is 2. The predicted molar refractivity (Wildman–Crippen MR) is 77.3 cm³/mol. The van der Waals surface area contributed by atoms with E-state index >= 15 is 0 Å². The highest BCUT2D eigenvalue weighted by atomic mass is 16.5. The van der Waals surface area contributed by atoms with Crippen molar-refractivity contribution in [3.8, 4) is 5.75 Å². The molecule has 1 heterocycles. The number of nitrogen functional groups attached to an aromatic ring is 1. The summed E-state index contributed by atoms with van der Waals surface area (Å²) in [6.45, 7) is 5.18. The summed E-state index contributed by atoms with van der Waals surface area (Å²) < 4.78 is 11.0. The summed E-state index contributed by atoms with van der Waals surface area (Å²) in [5, 5.41) is 0. The summed E-state index contributed by atoms with van der Waals surface area (Å²) in [6, 6.07) is 5.81. The third kappa shape index (κ3) is 3.39. The summed E-state index contributed by atoms with van der Waals surface area (Å²) in [4.78, 5) is 2.41. The molecule has 0 saturated carbocycles. The van der Waals surface area contributed by atoms with Crippen LogP contribution in [0, 0.1) is 5.92 Å². The Morgan fingerprint density at radius 3 is 2.84 bits per heavy atom. The molecule has 2 rings (SSSR count). The van der Waals surface area contributed by atoms with Crippen LogP contribution in [0.4, 0.5) is 5.69 Å². The normalized spacial score (nSPS) is 24.4. The molecule has 0 bridgehead atoms. The number of hydrogen-bond acceptors (Lipinski definition) is 4. The first-order chi connectivity index (χ1) is 9.13. The molecule has 1 fully saturated rings. The van der Waals surface area contributed by atoms with Gasteiger partial charge in [-0.2, -0.15) is 0 Å². The van der Waals surface area contributed by atoms with Gasteiger partial charge < -0.3 is 15.2 Å². The maximum Gasteiger partial charge on any atom is 0.123 e. The van der Waals surface area contributed by atoms with Crippen molar-refractivity contribution in [2.24, 2.45) is 5.92 Å². The zero-order valence-corrected chi connectivity index (χ0v) is 12.1. The molecule has 0 aliphatic carbocycles. The predicted octanol–water partition coefficient (Wildman–Crippen LogP) is 2.13. The van der Waals surface area contributed by atoms with Crippen LogP contribution in [-0.2, 0) is 11.3 Å². The van der Waals surface area contributed by atoms with Crippen molar-refractivity contribution >= 4 is 5.69 Å². The van der Waals surface area contributed by atoms with E-state index in [0.717, 1.165) is 36.6 Å². The Labute approximate surface area is 115 Å². The van der Waals surface area contributed by atoms with Gasteiger partial charge in [-0.1, -0.05) is 6.92 Å². The molecule has 0 radical (unpaired) electrons. The summed E-state index contributed by atoms with van der Waals surface area (Å²) in [7, 11) is 3.50. The minimum Gasteiger partial charge on any atom is -0.496 e. The number of piperidine rings is 1. The molecule has 1 saturated heterocycles. The highest BCUT2D eigenvalue weighted by molar-refractivity contribution is 5.47. The van der Waals surface area contributed by atoms with Crippen molar-refractivity contribution in [3.05, 3.63) is 23.8 Å². The lowest BCUT2D eigenvalue weighted by Crippen LogP contribution is -2.43. The number of rotatable bonds is 4. The van der Waals surface area contributed by atoms with Crippen LogP contribution in [-0.4, -0.2) is 38.3 Å². The van der Waals surface area contributed by atoms with Crippen molar-refractivity contribution < 1.29 is 9.47 Å². The van der Waals surface area contributed by atoms with E-state index in [4.69, 9.17) is 15.2 Å². The second kappa shape index (κ2) is 6.26. The van der Waals surface area contributed by atoms with Crippen molar-refractivity contribution in [1.29, 1.82) is 0 Å². The average molecular weight is 264 g/mol. The van der Waals surface area contributed by atoms with Crippen LogP contribution in [0.2, 0.25) is 0 Å². The molecule has 19 heavy (non-hydrogen) atoms. The molecule has 0 spiro atoms. The second-order valence-electron chi connectivity index (χ2n) is 5.35. The molecule has 1 aliphatic rings. The molecule has 0 aromatic heterocycles. The lowest BCUT2D eigenvalue weighted by molar-refractivity contribution is -0.00761. The van der Waals surface area contributed by atoms with Gasteiger partial charge in [0.15, 0.2) is 0 Å². The van der Waals surface area contributed by atoms with Crippen molar-refractivity contribution in [2.75, 3.05) is 33.0 Å². The topological polar surface area (TPSA) is 47.7 Å². The van der Waals surface area contributed by atoms with Crippen LogP contribution in [0.25, 0.3) is 0 Å². The van der Waals surface area contributed by atoms with E-state index in [2.05, 4.69) is 11.8 Å². The molecule has 4 heteroatoms. The number of nitrogens with zero attached hydrogens (tertiary/aromatic N) is 1. The summed E-state index contributed by atoms with van der Waals surface area (Å²) >= 11 is 0. The van der Waals surface area contributed by atoms with Crippen LogP contribution in [0.5, 0.6) is 5.75 Å². The maximum absolute atomic E-state index is 5.86.